The lowest BCUT2D eigenvalue weighted by atomic mass is 10.1. The first-order valence-electron chi connectivity index (χ1n) is 9.07. The van der Waals surface area contributed by atoms with Crippen LogP contribution in [0.15, 0.2) is 70.3 Å². The fourth-order valence-electron chi connectivity index (χ4n) is 2.93. The number of carbonyl (C=O) groups excluding carboxylic acids is 1. The smallest absolute Gasteiger partial charge is 0.274 e. The molecule has 0 aliphatic rings. The number of sulfonamides is 1. The lowest BCUT2D eigenvalue weighted by Crippen LogP contribution is -2.41. The van der Waals surface area contributed by atoms with Crippen LogP contribution in [0.5, 0.6) is 5.75 Å². The van der Waals surface area contributed by atoms with Crippen LogP contribution < -0.4 is 14.4 Å². The molecule has 158 valence electrons. The minimum atomic E-state index is -3.96. The fourth-order valence-corrected chi connectivity index (χ4v) is 5.67. The van der Waals surface area contributed by atoms with Crippen molar-refractivity contribution in [2.24, 2.45) is 0 Å². The Hall–Kier alpha value is -2.55. The van der Waals surface area contributed by atoms with Gasteiger partial charge >= 0.3 is 0 Å². The van der Waals surface area contributed by atoms with E-state index in [2.05, 4.69) is 5.32 Å². The van der Waals surface area contributed by atoms with Gasteiger partial charge in [-0.2, -0.15) is 0 Å². The Bertz CT molecular complexity index is 1120. The van der Waals surface area contributed by atoms with Gasteiger partial charge in [0.05, 0.1) is 18.8 Å². The van der Waals surface area contributed by atoms with Crippen molar-refractivity contribution < 1.29 is 17.9 Å². The number of nitrogens with one attached hydrogen (secondary N) is 1. The molecule has 0 saturated heterocycles. The van der Waals surface area contributed by atoms with Crippen molar-refractivity contribution in [2.45, 2.75) is 17.2 Å². The van der Waals surface area contributed by atoms with Crippen LogP contribution in [-0.2, 0) is 14.8 Å². The van der Waals surface area contributed by atoms with Crippen molar-refractivity contribution in [3.05, 3.63) is 76.6 Å². The first-order valence-corrected chi connectivity index (χ1v) is 11.8. The molecule has 1 amide bonds. The fraction of sp³-hybridized carbons (Fsp3) is 0.190. The Morgan fingerprint density at radius 2 is 1.93 bits per heavy atom. The van der Waals surface area contributed by atoms with Crippen LogP contribution >= 0.6 is 22.9 Å². The molecule has 0 aliphatic carbocycles. The third-order valence-electron chi connectivity index (χ3n) is 4.41. The number of methoxy groups -OCH3 is 1. The summed E-state index contributed by atoms with van der Waals surface area (Å²) >= 11 is 7.12. The van der Waals surface area contributed by atoms with Crippen LogP contribution in [0.2, 0.25) is 5.02 Å². The second-order valence-corrected chi connectivity index (χ2v) is 9.93. The number of para-hydroxylation sites is 2. The number of amides is 1. The Kier molecular flexibility index (Phi) is 7.02. The summed E-state index contributed by atoms with van der Waals surface area (Å²) in [5, 5.41) is 5.07. The average Bonchev–Trinajstić information content (AvgIpc) is 3.28. The number of benzene rings is 2. The van der Waals surface area contributed by atoms with Crippen LogP contribution in [0, 0.1) is 0 Å². The molecular formula is C21H21ClN2O4S2. The first-order chi connectivity index (χ1) is 14.3. The zero-order valence-electron chi connectivity index (χ0n) is 16.4. The van der Waals surface area contributed by atoms with Crippen molar-refractivity contribution in [3.63, 3.8) is 0 Å². The van der Waals surface area contributed by atoms with Crippen LogP contribution in [0.4, 0.5) is 5.69 Å². The molecule has 9 heteroatoms. The molecular weight excluding hydrogens is 444 g/mol. The average molecular weight is 465 g/mol. The number of rotatable bonds is 8. The number of hydrogen-bond donors (Lipinski definition) is 1. The zero-order chi connectivity index (χ0) is 21.7. The SMILES string of the molecule is COc1ccccc1N(CC(=O)NC(C)c1cccc(Cl)c1)S(=O)(=O)c1cccs1. The molecule has 0 saturated carbocycles. The summed E-state index contributed by atoms with van der Waals surface area (Å²) in [7, 11) is -2.50. The normalized spacial score (nSPS) is 12.2. The Morgan fingerprint density at radius 1 is 1.17 bits per heavy atom. The maximum Gasteiger partial charge on any atom is 0.274 e. The molecule has 2 aromatic carbocycles. The second kappa shape index (κ2) is 9.51. The highest BCUT2D eigenvalue weighted by Crippen LogP contribution is 2.33. The summed E-state index contributed by atoms with van der Waals surface area (Å²) in [6.45, 7) is 1.41. The van der Waals surface area contributed by atoms with E-state index in [9.17, 15) is 13.2 Å². The molecule has 0 radical (unpaired) electrons. The first kappa shape index (κ1) is 22.1. The van der Waals surface area contributed by atoms with Gasteiger partial charge in [-0.25, -0.2) is 8.42 Å². The van der Waals surface area contributed by atoms with E-state index in [1.165, 1.54) is 13.2 Å². The van der Waals surface area contributed by atoms with Crippen molar-refractivity contribution >= 4 is 44.6 Å². The summed E-state index contributed by atoms with van der Waals surface area (Å²) in [5.74, 6) is -0.0955. The highest BCUT2D eigenvalue weighted by molar-refractivity contribution is 7.94. The molecule has 1 unspecified atom stereocenters. The molecule has 0 bridgehead atoms. The van der Waals surface area contributed by atoms with E-state index in [0.717, 1.165) is 21.2 Å². The summed E-state index contributed by atoms with van der Waals surface area (Å²) in [5.41, 5.74) is 1.11. The van der Waals surface area contributed by atoms with E-state index in [1.54, 1.807) is 53.9 Å². The maximum absolute atomic E-state index is 13.3. The minimum Gasteiger partial charge on any atom is -0.495 e. The van der Waals surface area contributed by atoms with Gasteiger partial charge in [0.15, 0.2) is 0 Å². The third kappa shape index (κ3) is 4.95. The summed E-state index contributed by atoms with van der Waals surface area (Å²) in [6.07, 6.45) is 0. The molecule has 6 nitrogen and oxygen atoms in total. The number of ether oxygens (including phenoxy) is 1. The third-order valence-corrected chi connectivity index (χ3v) is 7.77. The molecule has 0 aliphatic heterocycles. The van der Waals surface area contributed by atoms with Gasteiger partial charge in [0.2, 0.25) is 5.91 Å². The van der Waals surface area contributed by atoms with E-state index < -0.39 is 22.5 Å². The van der Waals surface area contributed by atoms with E-state index in [1.807, 2.05) is 13.0 Å². The summed E-state index contributed by atoms with van der Waals surface area (Å²) in [6, 6.07) is 16.6. The predicted octanol–water partition coefficient (Wildman–Crippen LogP) is 4.48. The van der Waals surface area contributed by atoms with Crippen molar-refractivity contribution in [2.75, 3.05) is 18.0 Å². The number of halogens is 1. The predicted molar refractivity (Wildman–Crippen MR) is 120 cm³/mol. The Labute approximate surface area is 185 Å². The molecule has 1 heterocycles. The quantitative estimate of drug-likeness (QED) is 0.533. The van der Waals surface area contributed by atoms with Crippen LogP contribution in [0.1, 0.15) is 18.5 Å². The van der Waals surface area contributed by atoms with Gasteiger partial charge in [-0.05, 0) is 48.2 Å². The van der Waals surface area contributed by atoms with Crippen molar-refractivity contribution in [1.82, 2.24) is 5.32 Å². The highest BCUT2D eigenvalue weighted by Gasteiger charge is 2.30. The Morgan fingerprint density at radius 3 is 2.60 bits per heavy atom. The van der Waals surface area contributed by atoms with Crippen LogP contribution in [0.3, 0.4) is 0 Å². The number of hydrogen-bond acceptors (Lipinski definition) is 5. The van der Waals surface area contributed by atoms with E-state index >= 15 is 0 Å². The van der Waals surface area contributed by atoms with Gasteiger partial charge < -0.3 is 10.1 Å². The van der Waals surface area contributed by atoms with Gasteiger partial charge in [0, 0.05) is 5.02 Å². The van der Waals surface area contributed by atoms with Crippen molar-refractivity contribution in [1.29, 1.82) is 0 Å². The molecule has 3 aromatic rings. The lowest BCUT2D eigenvalue weighted by Gasteiger charge is -2.25. The topological polar surface area (TPSA) is 75.7 Å². The number of anilines is 1. The van der Waals surface area contributed by atoms with E-state index in [-0.39, 0.29) is 10.3 Å². The second-order valence-electron chi connectivity index (χ2n) is 6.46. The number of carbonyl (C=O) groups is 1. The molecule has 3 rings (SSSR count). The molecule has 30 heavy (non-hydrogen) atoms. The minimum absolute atomic E-state index is 0.143. The molecule has 1 N–H and O–H groups in total. The zero-order valence-corrected chi connectivity index (χ0v) is 18.8. The standard InChI is InChI=1S/C21H21ClN2O4S2/c1-15(16-7-5-8-17(22)13-16)23-20(25)14-24(18-9-3-4-10-19(18)28-2)30(26,27)21-11-6-12-29-21/h3-13,15H,14H2,1-2H3,(H,23,25). The van der Waals surface area contributed by atoms with Gasteiger partial charge in [0.25, 0.3) is 10.0 Å². The summed E-state index contributed by atoms with van der Waals surface area (Å²) < 4.78 is 33.1. The van der Waals surface area contributed by atoms with Crippen molar-refractivity contribution in [3.8, 4) is 5.75 Å². The van der Waals surface area contributed by atoms with Crippen LogP contribution in [-0.4, -0.2) is 28.0 Å². The number of nitrogens with zero attached hydrogens (tertiary/aromatic N) is 1. The largest absolute Gasteiger partial charge is 0.495 e. The molecule has 1 atom stereocenters. The van der Waals surface area contributed by atoms with Crippen LogP contribution in [0.25, 0.3) is 0 Å². The summed E-state index contributed by atoms with van der Waals surface area (Å²) in [4.78, 5) is 12.8. The van der Waals surface area contributed by atoms with E-state index in [0.29, 0.717) is 16.5 Å². The van der Waals surface area contributed by atoms with Gasteiger partial charge in [-0.3, -0.25) is 9.10 Å². The van der Waals surface area contributed by atoms with Gasteiger partial charge in [0.1, 0.15) is 16.5 Å². The molecule has 1 aromatic heterocycles. The lowest BCUT2D eigenvalue weighted by molar-refractivity contribution is -0.120. The Balaban J connectivity index is 1.90. The molecule has 0 fully saturated rings. The number of thiophene rings is 1. The van der Waals surface area contributed by atoms with Gasteiger partial charge in [-0.1, -0.05) is 41.9 Å². The molecule has 0 spiro atoms. The van der Waals surface area contributed by atoms with E-state index in [4.69, 9.17) is 16.3 Å². The van der Waals surface area contributed by atoms with Gasteiger partial charge in [-0.15, -0.1) is 11.3 Å². The highest BCUT2D eigenvalue weighted by atomic mass is 35.5. The monoisotopic (exact) mass is 464 g/mol. The maximum atomic E-state index is 13.3.